The standard InChI is InChI=1S/C14H13NO2/c16-13-7-6-12(14(17)8-13)10-15-9-11-4-2-1-3-5-11/h1-8,10,16-17H,9H2. The normalized spacial score (nSPS) is 10.8. The average Bonchev–Trinajstić information content (AvgIpc) is 2.33. The van der Waals surface area contributed by atoms with Crippen LogP contribution >= 0.6 is 0 Å². The van der Waals surface area contributed by atoms with Crippen LogP contribution in [0.4, 0.5) is 0 Å². The maximum atomic E-state index is 9.54. The quantitative estimate of drug-likeness (QED) is 0.792. The summed E-state index contributed by atoms with van der Waals surface area (Å²) in [4.78, 5) is 4.24. The van der Waals surface area contributed by atoms with Gasteiger partial charge in [-0.1, -0.05) is 30.3 Å². The SMILES string of the molecule is Oc1ccc(C=NCc2ccccc2)c(O)c1. The summed E-state index contributed by atoms with van der Waals surface area (Å²) in [7, 11) is 0. The van der Waals surface area contributed by atoms with E-state index in [0.29, 0.717) is 12.1 Å². The van der Waals surface area contributed by atoms with Crippen LogP contribution in [0.1, 0.15) is 11.1 Å². The van der Waals surface area contributed by atoms with Crippen molar-refractivity contribution in [1.82, 2.24) is 0 Å². The molecule has 0 bridgehead atoms. The van der Waals surface area contributed by atoms with Gasteiger partial charge in [0.1, 0.15) is 11.5 Å². The fourth-order valence-corrected chi connectivity index (χ4v) is 1.47. The molecule has 0 aliphatic carbocycles. The van der Waals surface area contributed by atoms with Gasteiger partial charge in [-0.05, 0) is 17.7 Å². The summed E-state index contributed by atoms with van der Waals surface area (Å²) >= 11 is 0. The number of phenols is 2. The third-order valence-electron chi connectivity index (χ3n) is 2.36. The zero-order chi connectivity index (χ0) is 12.1. The van der Waals surface area contributed by atoms with Crippen LogP contribution in [0.3, 0.4) is 0 Å². The number of hydrogen-bond acceptors (Lipinski definition) is 3. The molecule has 2 N–H and O–H groups in total. The van der Waals surface area contributed by atoms with Crippen LogP contribution < -0.4 is 0 Å². The Morgan fingerprint density at radius 2 is 1.76 bits per heavy atom. The van der Waals surface area contributed by atoms with E-state index in [1.807, 2.05) is 30.3 Å². The van der Waals surface area contributed by atoms with Crippen molar-refractivity contribution in [3.63, 3.8) is 0 Å². The van der Waals surface area contributed by atoms with E-state index in [0.717, 1.165) is 5.56 Å². The van der Waals surface area contributed by atoms with E-state index < -0.39 is 0 Å². The summed E-state index contributed by atoms with van der Waals surface area (Å²) in [5, 5.41) is 18.7. The van der Waals surface area contributed by atoms with Crippen molar-refractivity contribution < 1.29 is 10.2 Å². The van der Waals surface area contributed by atoms with Gasteiger partial charge in [0.25, 0.3) is 0 Å². The second-order valence-electron chi connectivity index (χ2n) is 3.70. The first-order valence-corrected chi connectivity index (χ1v) is 5.31. The zero-order valence-electron chi connectivity index (χ0n) is 9.24. The smallest absolute Gasteiger partial charge is 0.128 e. The van der Waals surface area contributed by atoms with Gasteiger partial charge in [-0.15, -0.1) is 0 Å². The third kappa shape index (κ3) is 3.08. The molecule has 3 heteroatoms. The van der Waals surface area contributed by atoms with Gasteiger partial charge in [0.2, 0.25) is 0 Å². The molecular formula is C14H13NO2. The Bertz CT molecular complexity index is 521. The van der Waals surface area contributed by atoms with Crippen LogP contribution in [-0.2, 0) is 6.54 Å². The van der Waals surface area contributed by atoms with Crippen molar-refractivity contribution in [3.05, 3.63) is 59.7 Å². The number of rotatable bonds is 3. The van der Waals surface area contributed by atoms with Crippen molar-refractivity contribution in [2.24, 2.45) is 4.99 Å². The van der Waals surface area contributed by atoms with Gasteiger partial charge in [0, 0.05) is 17.8 Å². The summed E-state index contributed by atoms with van der Waals surface area (Å²) in [6.45, 7) is 0.571. The van der Waals surface area contributed by atoms with Gasteiger partial charge in [-0.2, -0.15) is 0 Å². The van der Waals surface area contributed by atoms with Gasteiger partial charge < -0.3 is 10.2 Å². The molecule has 0 fully saturated rings. The average molecular weight is 227 g/mol. The van der Waals surface area contributed by atoms with Gasteiger partial charge in [0.05, 0.1) is 6.54 Å². The minimum Gasteiger partial charge on any atom is -0.508 e. The summed E-state index contributed by atoms with van der Waals surface area (Å²) in [5.74, 6) is 0.0736. The molecule has 0 saturated heterocycles. The maximum Gasteiger partial charge on any atom is 0.128 e. The molecule has 0 aliphatic rings. The lowest BCUT2D eigenvalue weighted by Crippen LogP contribution is -1.85. The third-order valence-corrected chi connectivity index (χ3v) is 2.36. The molecule has 2 rings (SSSR count). The van der Waals surface area contributed by atoms with Crippen LogP contribution in [0, 0.1) is 0 Å². The molecule has 0 spiro atoms. The van der Waals surface area contributed by atoms with Crippen LogP contribution in [0.15, 0.2) is 53.5 Å². The zero-order valence-corrected chi connectivity index (χ0v) is 9.24. The minimum absolute atomic E-state index is 0.0295. The highest BCUT2D eigenvalue weighted by Gasteiger charge is 1.98. The van der Waals surface area contributed by atoms with Gasteiger partial charge >= 0.3 is 0 Å². The van der Waals surface area contributed by atoms with E-state index in [1.54, 1.807) is 12.3 Å². The Balaban J connectivity index is 2.06. The Labute approximate surface area is 99.7 Å². The second-order valence-corrected chi connectivity index (χ2v) is 3.70. The van der Waals surface area contributed by atoms with Crippen molar-refractivity contribution in [1.29, 1.82) is 0 Å². The van der Waals surface area contributed by atoms with E-state index in [4.69, 9.17) is 5.11 Å². The largest absolute Gasteiger partial charge is 0.508 e. The topological polar surface area (TPSA) is 52.8 Å². The number of nitrogens with zero attached hydrogens (tertiary/aromatic N) is 1. The lowest BCUT2D eigenvalue weighted by atomic mass is 10.2. The molecule has 0 radical (unpaired) electrons. The number of hydrogen-bond donors (Lipinski definition) is 2. The minimum atomic E-state index is 0.0295. The molecule has 2 aromatic rings. The van der Waals surface area contributed by atoms with Crippen LogP contribution in [0.2, 0.25) is 0 Å². The van der Waals surface area contributed by atoms with Crippen molar-refractivity contribution in [2.45, 2.75) is 6.54 Å². The number of aromatic hydroxyl groups is 2. The van der Waals surface area contributed by atoms with Crippen LogP contribution in [-0.4, -0.2) is 16.4 Å². The van der Waals surface area contributed by atoms with E-state index >= 15 is 0 Å². The highest BCUT2D eigenvalue weighted by molar-refractivity contribution is 5.83. The van der Waals surface area contributed by atoms with Gasteiger partial charge in [-0.3, -0.25) is 4.99 Å². The molecular weight excluding hydrogens is 214 g/mol. The summed E-state index contributed by atoms with van der Waals surface area (Å²) in [6, 6.07) is 14.3. The highest BCUT2D eigenvalue weighted by atomic mass is 16.3. The maximum absolute atomic E-state index is 9.54. The van der Waals surface area contributed by atoms with Gasteiger partial charge in [-0.25, -0.2) is 0 Å². The monoisotopic (exact) mass is 227 g/mol. The Morgan fingerprint density at radius 3 is 2.47 bits per heavy atom. The number of aliphatic imine (C=N–C) groups is 1. The van der Waals surface area contributed by atoms with Crippen molar-refractivity contribution >= 4 is 6.21 Å². The Morgan fingerprint density at radius 1 is 1.00 bits per heavy atom. The van der Waals surface area contributed by atoms with Crippen molar-refractivity contribution in [3.8, 4) is 11.5 Å². The molecule has 0 unspecified atom stereocenters. The Hall–Kier alpha value is -2.29. The first kappa shape index (κ1) is 11.2. The molecule has 0 aliphatic heterocycles. The van der Waals surface area contributed by atoms with Crippen LogP contribution in [0.5, 0.6) is 11.5 Å². The molecule has 0 aromatic heterocycles. The molecule has 3 nitrogen and oxygen atoms in total. The predicted molar refractivity (Wildman–Crippen MR) is 67.5 cm³/mol. The van der Waals surface area contributed by atoms with Crippen LogP contribution in [0.25, 0.3) is 0 Å². The predicted octanol–water partition coefficient (Wildman–Crippen LogP) is 2.72. The van der Waals surface area contributed by atoms with Crippen molar-refractivity contribution in [2.75, 3.05) is 0 Å². The van der Waals surface area contributed by atoms with E-state index in [1.165, 1.54) is 12.1 Å². The first-order valence-electron chi connectivity index (χ1n) is 5.31. The number of phenolic OH excluding ortho intramolecular Hbond substituents is 2. The lowest BCUT2D eigenvalue weighted by molar-refractivity contribution is 0.450. The van der Waals surface area contributed by atoms with Gasteiger partial charge in [0.15, 0.2) is 0 Å². The fraction of sp³-hybridized carbons (Fsp3) is 0.0714. The Kier molecular flexibility index (Phi) is 3.40. The fourth-order valence-electron chi connectivity index (χ4n) is 1.47. The molecule has 2 aromatic carbocycles. The molecule has 0 atom stereocenters. The first-order chi connectivity index (χ1) is 8.25. The molecule has 0 saturated carbocycles. The second kappa shape index (κ2) is 5.16. The van der Waals surface area contributed by atoms with E-state index in [9.17, 15) is 5.11 Å². The molecule has 17 heavy (non-hydrogen) atoms. The summed E-state index contributed by atoms with van der Waals surface area (Å²) in [5.41, 5.74) is 1.71. The molecule has 86 valence electrons. The summed E-state index contributed by atoms with van der Waals surface area (Å²) in [6.07, 6.45) is 1.60. The highest BCUT2D eigenvalue weighted by Crippen LogP contribution is 2.20. The van der Waals surface area contributed by atoms with E-state index in [-0.39, 0.29) is 11.5 Å². The number of benzene rings is 2. The molecule has 0 heterocycles. The van der Waals surface area contributed by atoms with E-state index in [2.05, 4.69) is 4.99 Å². The molecule has 0 amide bonds. The summed E-state index contributed by atoms with van der Waals surface area (Å²) < 4.78 is 0. The lowest BCUT2D eigenvalue weighted by Gasteiger charge is -1.99.